The molecule has 1 spiro atoms. The van der Waals surface area contributed by atoms with Gasteiger partial charge in [-0.25, -0.2) is 4.98 Å². The number of hydrogen-bond donors (Lipinski definition) is 0. The van der Waals surface area contributed by atoms with Gasteiger partial charge in [-0.05, 0) is 24.9 Å². The largest absolute Gasteiger partial charge is 0.371 e. The number of hydrogen-bond acceptors (Lipinski definition) is 8. The summed E-state index contributed by atoms with van der Waals surface area (Å²) < 4.78 is 11.5. The lowest BCUT2D eigenvalue weighted by molar-refractivity contribution is -0.0923. The molecule has 2 aliphatic rings. The van der Waals surface area contributed by atoms with Gasteiger partial charge in [0.1, 0.15) is 0 Å². The average Bonchev–Trinajstić information content (AvgIpc) is 3.27. The maximum absolute atomic E-state index is 6.23. The average molecular weight is 363 g/mol. The van der Waals surface area contributed by atoms with Gasteiger partial charge in [0.15, 0.2) is 0 Å². The molecule has 2 saturated heterocycles. The molecule has 0 amide bonds. The van der Waals surface area contributed by atoms with Crippen molar-refractivity contribution in [2.24, 2.45) is 0 Å². The first kappa shape index (κ1) is 16.9. The van der Waals surface area contributed by atoms with Crippen LogP contribution in [0.4, 0.5) is 5.95 Å². The second kappa shape index (κ2) is 7.01. The third-order valence-corrected chi connectivity index (χ3v) is 6.19. The van der Waals surface area contributed by atoms with E-state index in [4.69, 9.17) is 9.26 Å². The molecule has 136 valence electrons. The zero-order chi connectivity index (χ0) is 17.3. The topological polar surface area (TPSA) is 67.5 Å². The van der Waals surface area contributed by atoms with Crippen molar-refractivity contribution in [3.8, 4) is 0 Å². The third-order valence-electron chi connectivity index (χ3n) is 5.27. The summed E-state index contributed by atoms with van der Waals surface area (Å²) in [5.74, 6) is 1.41. The highest BCUT2D eigenvalue weighted by atomic mass is 32.1. The van der Waals surface area contributed by atoms with E-state index in [9.17, 15) is 0 Å². The lowest BCUT2D eigenvalue weighted by atomic mass is 9.89. The van der Waals surface area contributed by atoms with Crippen LogP contribution >= 0.6 is 11.3 Å². The molecule has 25 heavy (non-hydrogen) atoms. The van der Waals surface area contributed by atoms with Gasteiger partial charge in [-0.2, -0.15) is 4.98 Å². The molecule has 0 bridgehead atoms. The van der Waals surface area contributed by atoms with Crippen LogP contribution in [-0.2, 0) is 17.7 Å². The highest BCUT2D eigenvalue weighted by molar-refractivity contribution is 7.09. The number of likely N-dealkylation sites (tertiary alicyclic amines) is 1. The van der Waals surface area contributed by atoms with Gasteiger partial charge in [-0.1, -0.05) is 6.92 Å². The van der Waals surface area contributed by atoms with Gasteiger partial charge in [-0.15, -0.1) is 11.3 Å². The predicted octanol–water partition coefficient (Wildman–Crippen LogP) is 2.27. The van der Waals surface area contributed by atoms with Gasteiger partial charge < -0.3 is 14.2 Å². The summed E-state index contributed by atoms with van der Waals surface area (Å²) in [5, 5.41) is 4.13. The van der Waals surface area contributed by atoms with Crippen LogP contribution in [0.15, 0.2) is 10.0 Å². The minimum Gasteiger partial charge on any atom is -0.371 e. The summed E-state index contributed by atoms with van der Waals surface area (Å²) in [5.41, 5.74) is 3.02. The summed E-state index contributed by atoms with van der Waals surface area (Å²) in [6, 6.07) is 0. The Hall–Kier alpha value is -1.51. The summed E-state index contributed by atoms with van der Waals surface area (Å²) in [6.07, 6.45) is 2.86. The fourth-order valence-electron chi connectivity index (χ4n) is 3.64. The van der Waals surface area contributed by atoms with Crippen LogP contribution in [0.1, 0.15) is 36.2 Å². The Labute approximate surface area is 152 Å². The number of morpholine rings is 1. The quantitative estimate of drug-likeness (QED) is 0.825. The molecule has 2 fully saturated rings. The van der Waals surface area contributed by atoms with Crippen molar-refractivity contribution in [1.82, 2.24) is 20.0 Å². The Morgan fingerprint density at radius 1 is 1.28 bits per heavy atom. The van der Waals surface area contributed by atoms with Crippen LogP contribution < -0.4 is 4.90 Å². The van der Waals surface area contributed by atoms with E-state index in [1.54, 1.807) is 11.3 Å². The van der Waals surface area contributed by atoms with Crippen LogP contribution in [0.2, 0.25) is 0 Å². The molecule has 0 unspecified atom stereocenters. The molecular formula is C17H25N5O2S. The summed E-state index contributed by atoms with van der Waals surface area (Å²) in [7, 11) is 0. The smallest absolute Gasteiger partial charge is 0.266 e. The SMILES string of the molecule is CCc1nc(N2CCOC3(CCN(Cc4scnc4C)CC3)C2)no1. The van der Waals surface area contributed by atoms with Crippen LogP contribution in [0.25, 0.3) is 0 Å². The highest BCUT2D eigenvalue weighted by Crippen LogP contribution is 2.32. The molecule has 0 aliphatic carbocycles. The lowest BCUT2D eigenvalue weighted by Crippen LogP contribution is -2.57. The van der Waals surface area contributed by atoms with E-state index in [0.29, 0.717) is 11.8 Å². The Morgan fingerprint density at radius 3 is 2.80 bits per heavy atom. The van der Waals surface area contributed by atoms with Gasteiger partial charge in [0.2, 0.25) is 5.89 Å². The van der Waals surface area contributed by atoms with Crippen molar-refractivity contribution in [2.75, 3.05) is 37.7 Å². The molecule has 8 heteroatoms. The summed E-state index contributed by atoms with van der Waals surface area (Å²) in [4.78, 5) is 14.9. The first-order valence-electron chi connectivity index (χ1n) is 9.00. The highest BCUT2D eigenvalue weighted by Gasteiger charge is 2.40. The van der Waals surface area contributed by atoms with Crippen LogP contribution in [0, 0.1) is 6.92 Å². The van der Waals surface area contributed by atoms with E-state index in [1.165, 1.54) is 4.88 Å². The van der Waals surface area contributed by atoms with E-state index in [1.807, 2.05) is 12.4 Å². The third kappa shape index (κ3) is 3.56. The van der Waals surface area contributed by atoms with Gasteiger partial charge in [0.05, 0.1) is 30.0 Å². The van der Waals surface area contributed by atoms with E-state index in [0.717, 1.165) is 64.3 Å². The Balaban J connectivity index is 1.37. The van der Waals surface area contributed by atoms with Crippen molar-refractivity contribution in [2.45, 2.75) is 45.3 Å². The molecule has 0 N–H and O–H groups in total. The fourth-order valence-corrected chi connectivity index (χ4v) is 4.45. The minimum atomic E-state index is -0.0789. The van der Waals surface area contributed by atoms with Crippen molar-refractivity contribution in [3.63, 3.8) is 0 Å². The molecular weight excluding hydrogens is 338 g/mol. The van der Waals surface area contributed by atoms with Gasteiger partial charge in [0.25, 0.3) is 5.95 Å². The first-order valence-corrected chi connectivity index (χ1v) is 9.88. The molecule has 4 rings (SSSR count). The summed E-state index contributed by atoms with van der Waals surface area (Å²) in [6.45, 7) is 9.63. The number of aryl methyl sites for hydroxylation is 2. The first-order chi connectivity index (χ1) is 12.2. The Kier molecular flexibility index (Phi) is 4.75. The molecule has 0 saturated carbocycles. The minimum absolute atomic E-state index is 0.0789. The van der Waals surface area contributed by atoms with Gasteiger partial charge in [-0.3, -0.25) is 4.90 Å². The molecule has 7 nitrogen and oxygen atoms in total. The van der Waals surface area contributed by atoms with E-state index in [-0.39, 0.29) is 5.60 Å². The number of piperidine rings is 1. The second-order valence-corrected chi connectivity index (χ2v) is 7.87. The standard InChI is InChI=1S/C17H25N5O2S/c1-3-15-19-16(20-24-15)22-8-9-23-17(11-22)4-6-21(7-5-17)10-14-13(2)18-12-25-14/h12H,3-11H2,1-2H3. The number of nitrogens with zero attached hydrogens (tertiary/aromatic N) is 5. The molecule has 0 aromatic carbocycles. The molecule has 2 aromatic rings. The Bertz CT molecular complexity index is 707. The summed E-state index contributed by atoms with van der Waals surface area (Å²) >= 11 is 1.75. The maximum Gasteiger partial charge on any atom is 0.266 e. The van der Waals surface area contributed by atoms with Crippen molar-refractivity contribution in [1.29, 1.82) is 0 Å². The zero-order valence-electron chi connectivity index (χ0n) is 14.9. The monoisotopic (exact) mass is 363 g/mol. The fraction of sp³-hybridized carbons (Fsp3) is 0.706. The number of anilines is 1. The number of thiazole rings is 1. The predicted molar refractivity (Wildman–Crippen MR) is 95.9 cm³/mol. The molecule has 4 heterocycles. The van der Waals surface area contributed by atoms with Crippen molar-refractivity contribution >= 4 is 17.3 Å². The number of ether oxygens (including phenoxy) is 1. The van der Waals surface area contributed by atoms with Crippen molar-refractivity contribution < 1.29 is 9.26 Å². The normalized spacial score (nSPS) is 21.1. The van der Waals surface area contributed by atoms with Crippen LogP contribution in [0.3, 0.4) is 0 Å². The maximum atomic E-state index is 6.23. The molecule has 2 aliphatic heterocycles. The van der Waals surface area contributed by atoms with E-state index < -0.39 is 0 Å². The molecule has 0 atom stereocenters. The van der Waals surface area contributed by atoms with E-state index >= 15 is 0 Å². The molecule has 0 radical (unpaired) electrons. The van der Waals surface area contributed by atoms with Gasteiger partial charge in [0, 0.05) is 37.5 Å². The molecule has 2 aromatic heterocycles. The number of rotatable bonds is 4. The lowest BCUT2D eigenvalue weighted by Gasteiger charge is -2.47. The zero-order valence-corrected chi connectivity index (χ0v) is 15.7. The van der Waals surface area contributed by atoms with Gasteiger partial charge >= 0.3 is 0 Å². The Morgan fingerprint density at radius 2 is 2.12 bits per heavy atom. The second-order valence-electron chi connectivity index (χ2n) is 6.93. The van der Waals surface area contributed by atoms with Crippen molar-refractivity contribution in [3.05, 3.63) is 22.0 Å². The number of aromatic nitrogens is 3. The van der Waals surface area contributed by atoms with Crippen LogP contribution in [-0.4, -0.2) is 58.4 Å². The van der Waals surface area contributed by atoms with E-state index in [2.05, 4.69) is 31.8 Å². The van der Waals surface area contributed by atoms with Crippen LogP contribution in [0.5, 0.6) is 0 Å².